The molecule has 7 nitrogen and oxygen atoms in total. The van der Waals surface area contributed by atoms with Gasteiger partial charge < -0.3 is 5.73 Å². The average Bonchev–Trinajstić information content (AvgIpc) is 2.76. The molecule has 2 amide bonds. The van der Waals surface area contributed by atoms with Crippen molar-refractivity contribution in [2.24, 2.45) is 10.8 Å². The first-order valence-corrected chi connectivity index (χ1v) is 7.24. The third-order valence-corrected chi connectivity index (χ3v) is 3.59. The number of rotatable bonds is 4. The second-order valence-electron chi connectivity index (χ2n) is 4.64. The molecular formula is C14H13Cl2N5O2. The highest BCUT2D eigenvalue weighted by Crippen LogP contribution is 2.19. The predicted molar refractivity (Wildman–Crippen MR) is 87.5 cm³/mol. The Labute approximate surface area is 142 Å². The summed E-state index contributed by atoms with van der Waals surface area (Å²) in [5.74, 6) is -2.13. The summed E-state index contributed by atoms with van der Waals surface area (Å²) in [6.45, 7) is 2.21. The fourth-order valence-electron chi connectivity index (χ4n) is 1.79. The maximum Gasteiger partial charge on any atom is 0.329 e. The first-order valence-electron chi connectivity index (χ1n) is 6.48. The molecule has 0 radical (unpaired) electrons. The Bertz CT molecular complexity index is 768. The van der Waals surface area contributed by atoms with E-state index in [2.05, 4.69) is 10.2 Å². The van der Waals surface area contributed by atoms with E-state index in [1.807, 2.05) is 17.6 Å². The zero-order chi connectivity index (χ0) is 17.0. The van der Waals surface area contributed by atoms with Crippen LogP contribution in [0.3, 0.4) is 0 Å². The fraction of sp³-hybridized carbons (Fsp3) is 0.143. The summed E-state index contributed by atoms with van der Waals surface area (Å²) in [5, 5.41) is 8.96. The van der Waals surface area contributed by atoms with Crippen LogP contribution in [0.1, 0.15) is 16.8 Å². The van der Waals surface area contributed by atoms with E-state index >= 15 is 0 Å². The molecule has 9 heteroatoms. The number of hydrogen-bond donors (Lipinski definition) is 2. The molecule has 3 N–H and O–H groups in total. The highest BCUT2D eigenvalue weighted by atomic mass is 35.5. The molecule has 0 saturated carbocycles. The van der Waals surface area contributed by atoms with Crippen LogP contribution in [-0.2, 0) is 16.1 Å². The maximum atomic E-state index is 11.0. The van der Waals surface area contributed by atoms with E-state index in [-0.39, 0.29) is 0 Å². The number of aryl methyl sites for hydroxylation is 1. The van der Waals surface area contributed by atoms with E-state index in [9.17, 15) is 9.59 Å². The van der Waals surface area contributed by atoms with E-state index in [0.717, 1.165) is 5.56 Å². The lowest BCUT2D eigenvalue weighted by molar-refractivity contribution is -0.137. The Morgan fingerprint density at radius 3 is 2.61 bits per heavy atom. The largest absolute Gasteiger partial charge is 0.361 e. The second-order valence-corrected chi connectivity index (χ2v) is 5.43. The molecule has 0 atom stereocenters. The van der Waals surface area contributed by atoms with Crippen molar-refractivity contribution in [2.75, 3.05) is 0 Å². The zero-order valence-electron chi connectivity index (χ0n) is 12.1. The number of nitrogens with zero attached hydrogens (tertiary/aromatic N) is 3. The van der Waals surface area contributed by atoms with Gasteiger partial charge in [0.05, 0.1) is 24.0 Å². The van der Waals surface area contributed by atoms with Gasteiger partial charge in [-0.25, -0.2) is 10.1 Å². The van der Waals surface area contributed by atoms with E-state index in [4.69, 9.17) is 28.9 Å². The lowest BCUT2D eigenvalue weighted by atomic mass is 10.2. The standard InChI is InChI=1S/C14H13Cl2N5O2/c1-8-11(6-18-19-14(23)13(17)22)12(16)21(20-8)7-9-2-4-10(15)5-3-9/h2-6H,7H2,1H3,(H2,17,22)(H,19,23)/b18-6+. The van der Waals surface area contributed by atoms with Crippen molar-refractivity contribution in [3.63, 3.8) is 0 Å². The molecule has 0 aliphatic rings. The van der Waals surface area contributed by atoms with Crippen molar-refractivity contribution in [1.82, 2.24) is 15.2 Å². The Morgan fingerprint density at radius 1 is 1.35 bits per heavy atom. The molecule has 23 heavy (non-hydrogen) atoms. The smallest absolute Gasteiger partial charge is 0.329 e. The Kier molecular flexibility index (Phi) is 5.36. The summed E-state index contributed by atoms with van der Waals surface area (Å²) in [6.07, 6.45) is 1.31. The molecule has 0 aliphatic heterocycles. The normalized spacial score (nSPS) is 10.9. The molecule has 0 aliphatic carbocycles. The minimum Gasteiger partial charge on any atom is -0.361 e. The monoisotopic (exact) mass is 353 g/mol. The maximum absolute atomic E-state index is 11.0. The Balaban J connectivity index is 2.15. The Morgan fingerprint density at radius 2 is 2.00 bits per heavy atom. The van der Waals surface area contributed by atoms with E-state index in [0.29, 0.717) is 28.0 Å². The summed E-state index contributed by atoms with van der Waals surface area (Å²) >= 11 is 12.1. The predicted octanol–water partition coefficient (Wildman–Crippen LogP) is 1.48. The van der Waals surface area contributed by atoms with Crippen LogP contribution in [0.15, 0.2) is 29.4 Å². The summed E-state index contributed by atoms with van der Waals surface area (Å²) in [5.41, 5.74) is 8.93. The number of carbonyl (C=O) groups excluding carboxylic acids is 2. The quantitative estimate of drug-likeness (QED) is 0.494. The first kappa shape index (κ1) is 17.0. The van der Waals surface area contributed by atoms with Crippen LogP contribution in [0.5, 0.6) is 0 Å². The number of carbonyl (C=O) groups is 2. The van der Waals surface area contributed by atoms with Gasteiger partial charge in [0.25, 0.3) is 0 Å². The van der Waals surface area contributed by atoms with Gasteiger partial charge in [-0.3, -0.25) is 9.59 Å². The van der Waals surface area contributed by atoms with Gasteiger partial charge in [-0.1, -0.05) is 35.3 Å². The molecule has 120 valence electrons. The third-order valence-electron chi connectivity index (χ3n) is 2.94. The molecule has 0 unspecified atom stereocenters. The van der Waals surface area contributed by atoms with Gasteiger partial charge in [0.15, 0.2) is 0 Å². The highest BCUT2D eigenvalue weighted by Gasteiger charge is 2.12. The lowest BCUT2D eigenvalue weighted by Gasteiger charge is -2.03. The molecule has 1 aromatic carbocycles. The van der Waals surface area contributed by atoms with Crippen LogP contribution >= 0.6 is 23.2 Å². The summed E-state index contributed by atoms with van der Waals surface area (Å²) in [6, 6.07) is 7.30. The number of hydrazone groups is 1. The molecule has 1 heterocycles. The second kappa shape index (κ2) is 7.26. The SMILES string of the molecule is Cc1nn(Cc2ccc(Cl)cc2)c(Cl)c1/C=N/NC(=O)C(N)=O. The number of nitrogens with two attached hydrogens (primary N) is 1. The van der Waals surface area contributed by atoms with Crippen LogP contribution in [0, 0.1) is 6.92 Å². The topological polar surface area (TPSA) is 102 Å². The summed E-state index contributed by atoms with van der Waals surface area (Å²) in [7, 11) is 0. The summed E-state index contributed by atoms with van der Waals surface area (Å²) in [4.78, 5) is 21.6. The first-order chi connectivity index (χ1) is 10.9. The van der Waals surface area contributed by atoms with Crippen molar-refractivity contribution in [2.45, 2.75) is 13.5 Å². The van der Waals surface area contributed by atoms with Gasteiger partial charge in [-0.05, 0) is 24.6 Å². The van der Waals surface area contributed by atoms with Crippen molar-refractivity contribution in [3.05, 3.63) is 51.3 Å². The van der Waals surface area contributed by atoms with Gasteiger partial charge in [-0.15, -0.1) is 0 Å². The Hall–Kier alpha value is -2.38. The van der Waals surface area contributed by atoms with Crippen LogP contribution in [-0.4, -0.2) is 27.8 Å². The van der Waals surface area contributed by atoms with Gasteiger partial charge in [0.1, 0.15) is 5.15 Å². The van der Waals surface area contributed by atoms with Gasteiger partial charge in [-0.2, -0.15) is 10.2 Å². The van der Waals surface area contributed by atoms with Gasteiger partial charge in [0.2, 0.25) is 0 Å². The van der Waals surface area contributed by atoms with Gasteiger partial charge in [0, 0.05) is 5.02 Å². The number of amides is 2. The molecule has 0 spiro atoms. The molecule has 2 aromatic rings. The minimum atomic E-state index is -1.12. The average molecular weight is 354 g/mol. The number of primary amides is 1. The molecule has 1 aromatic heterocycles. The summed E-state index contributed by atoms with van der Waals surface area (Å²) < 4.78 is 1.59. The van der Waals surface area contributed by atoms with Crippen molar-refractivity contribution < 1.29 is 9.59 Å². The number of hydrogen-bond acceptors (Lipinski definition) is 4. The van der Waals surface area contributed by atoms with Crippen molar-refractivity contribution in [1.29, 1.82) is 0 Å². The van der Waals surface area contributed by atoms with Crippen LogP contribution in [0.2, 0.25) is 10.2 Å². The van der Waals surface area contributed by atoms with E-state index in [1.54, 1.807) is 23.7 Å². The number of halogens is 2. The lowest BCUT2D eigenvalue weighted by Crippen LogP contribution is -2.32. The molecule has 2 rings (SSSR count). The highest BCUT2D eigenvalue weighted by molar-refractivity contribution is 6.34. The van der Waals surface area contributed by atoms with Crippen molar-refractivity contribution >= 4 is 41.2 Å². The molecular weight excluding hydrogens is 341 g/mol. The number of benzene rings is 1. The minimum absolute atomic E-state index is 0.356. The van der Waals surface area contributed by atoms with Crippen LogP contribution < -0.4 is 11.2 Å². The van der Waals surface area contributed by atoms with E-state index < -0.39 is 11.8 Å². The molecule has 0 bridgehead atoms. The van der Waals surface area contributed by atoms with E-state index in [1.165, 1.54) is 6.21 Å². The fourth-order valence-corrected chi connectivity index (χ4v) is 2.20. The number of aromatic nitrogens is 2. The zero-order valence-corrected chi connectivity index (χ0v) is 13.6. The number of nitrogens with one attached hydrogen (secondary N) is 1. The van der Waals surface area contributed by atoms with Crippen molar-refractivity contribution in [3.8, 4) is 0 Å². The molecule has 0 saturated heterocycles. The van der Waals surface area contributed by atoms with Gasteiger partial charge >= 0.3 is 11.8 Å². The van der Waals surface area contributed by atoms with Crippen LogP contribution in [0.4, 0.5) is 0 Å². The third kappa shape index (κ3) is 4.30. The molecule has 0 fully saturated rings. The van der Waals surface area contributed by atoms with Crippen LogP contribution in [0.25, 0.3) is 0 Å².